The van der Waals surface area contributed by atoms with Crippen LogP contribution in [-0.4, -0.2) is 6.09 Å². The smallest absolute Gasteiger partial charge is 0.408 e. The predicted octanol–water partition coefficient (Wildman–Crippen LogP) is 4.08. The van der Waals surface area contributed by atoms with Gasteiger partial charge in [0.1, 0.15) is 6.61 Å². The van der Waals surface area contributed by atoms with Crippen LogP contribution in [0.1, 0.15) is 35.6 Å². The number of rotatable bonds is 3. The molecule has 22 heavy (non-hydrogen) atoms. The van der Waals surface area contributed by atoms with E-state index in [0.29, 0.717) is 6.61 Å². The van der Waals surface area contributed by atoms with Crippen LogP contribution in [-0.2, 0) is 23.3 Å². The fourth-order valence-corrected chi connectivity index (χ4v) is 3.06. The summed E-state index contributed by atoms with van der Waals surface area (Å²) in [4.78, 5) is 12.1. The summed E-state index contributed by atoms with van der Waals surface area (Å²) in [6, 6.07) is 16.2. The third-order valence-electron chi connectivity index (χ3n) is 4.34. The maximum Gasteiger partial charge on any atom is 0.408 e. The average molecular weight is 295 g/mol. The Bertz CT molecular complexity index is 681. The van der Waals surface area contributed by atoms with Gasteiger partial charge in [-0.2, -0.15) is 0 Å². The zero-order valence-corrected chi connectivity index (χ0v) is 13.1. The van der Waals surface area contributed by atoms with Crippen LogP contribution < -0.4 is 5.32 Å². The van der Waals surface area contributed by atoms with Crippen LogP contribution in [0.4, 0.5) is 4.79 Å². The maximum absolute atomic E-state index is 12.1. The molecular weight excluding hydrogens is 274 g/mol. The van der Waals surface area contributed by atoms with Gasteiger partial charge in [-0.05, 0) is 43.4 Å². The van der Waals surface area contributed by atoms with Gasteiger partial charge in [-0.15, -0.1) is 0 Å². The van der Waals surface area contributed by atoms with Gasteiger partial charge in [0.15, 0.2) is 0 Å². The SMILES string of the molecule is Cc1ccc2c(c1)C(C)(NC(=O)OCc1ccccc1)CC2. The molecule has 0 aromatic heterocycles. The number of hydrogen-bond donors (Lipinski definition) is 1. The van der Waals surface area contributed by atoms with Crippen LogP contribution in [0.15, 0.2) is 48.5 Å². The van der Waals surface area contributed by atoms with E-state index < -0.39 is 0 Å². The number of carbonyl (C=O) groups is 1. The van der Waals surface area contributed by atoms with Crippen LogP contribution in [0.25, 0.3) is 0 Å². The summed E-state index contributed by atoms with van der Waals surface area (Å²) in [7, 11) is 0. The van der Waals surface area contributed by atoms with Gasteiger partial charge in [-0.1, -0.05) is 54.1 Å². The molecule has 0 heterocycles. The molecular formula is C19H21NO2. The summed E-state index contributed by atoms with van der Waals surface area (Å²) in [5.74, 6) is 0. The molecule has 1 unspecified atom stereocenters. The molecule has 1 atom stereocenters. The lowest BCUT2D eigenvalue weighted by molar-refractivity contribution is 0.127. The second kappa shape index (κ2) is 5.84. The van der Waals surface area contributed by atoms with Crippen molar-refractivity contribution in [3.8, 4) is 0 Å². The number of hydrogen-bond acceptors (Lipinski definition) is 2. The van der Waals surface area contributed by atoms with E-state index in [0.717, 1.165) is 18.4 Å². The summed E-state index contributed by atoms with van der Waals surface area (Å²) in [5, 5.41) is 3.05. The molecule has 0 saturated heterocycles. The Morgan fingerprint density at radius 3 is 2.77 bits per heavy atom. The minimum atomic E-state index is -0.360. The van der Waals surface area contributed by atoms with Gasteiger partial charge in [0, 0.05) is 0 Å². The van der Waals surface area contributed by atoms with E-state index in [4.69, 9.17) is 4.74 Å². The predicted molar refractivity (Wildman–Crippen MR) is 86.6 cm³/mol. The monoisotopic (exact) mass is 295 g/mol. The highest BCUT2D eigenvalue weighted by Gasteiger charge is 2.36. The zero-order valence-electron chi connectivity index (χ0n) is 13.1. The molecule has 1 aliphatic carbocycles. The minimum Gasteiger partial charge on any atom is -0.445 e. The van der Waals surface area contributed by atoms with Crippen LogP contribution >= 0.6 is 0 Å². The molecule has 3 heteroatoms. The van der Waals surface area contributed by atoms with E-state index in [-0.39, 0.29) is 11.6 Å². The number of amides is 1. The summed E-state index contributed by atoms with van der Waals surface area (Å²) < 4.78 is 5.35. The Hall–Kier alpha value is -2.29. The molecule has 2 aromatic rings. The topological polar surface area (TPSA) is 38.3 Å². The Labute approximate surface area is 131 Å². The lowest BCUT2D eigenvalue weighted by atomic mass is 9.93. The molecule has 3 nitrogen and oxygen atoms in total. The number of benzene rings is 2. The second-order valence-electron chi connectivity index (χ2n) is 6.18. The van der Waals surface area contributed by atoms with Gasteiger partial charge >= 0.3 is 6.09 Å². The van der Waals surface area contributed by atoms with Gasteiger partial charge in [0.05, 0.1) is 5.54 Å². The molecule has 2 aromatic carbocycles. The Morgan fingerprint density at radius 1 is 1.23 bits per heavy atom. The average Bonchev–Trinajstić information content (AvgIpc) is 2.83. The number of fused-ring (bicyclic) bond motifs is 1. The quantitative estimate of drug-likeness (QED) is 0.926. The van der Waals surface area contributed by atoms with E-state index in [2.05, 4.69) is 37.4 Å². The van der Waals surface area contributed by atoms with Crippen LogP contribution in [0, 0.1) is 6.92 Å². The normalized spacial score (nSPS) is 19.5. The van der Waals surface area contributed by atoms with Gasteiger partial charge in [-0.3, -0.25) is 0 Å². The van der Waals surface area contributed by atoms with Crippen LogP contribution in [0.3, 0.4) is 0 Å². The van der Waals surface area contributed by atoms with E-state index in [9.17, 15) is 4.79 Å². The number of carbonyl (C=O) groups excluding carboxylic acids is 1. The van der Waals surface area contributed by atoms with Crippen molar-refractivity contribution in [1.29, 1.82) is 0 Å². The zero-order chi connectivity index (χ0) is 15.6. The van der Waals surface area contributed by atoms with E-state index >= 15 is 0 Å². The molecule has 1 N–H and O–H groups in total. The van der Waals surface area contributed by atoms with E-state index in [1.165, 1.54) is 16.7 Å². The fraction of sp³-hybridized carbons (Fsp3) is 0.316. The summed E-state index contributed by atoms with van der Waals surface area (Å²) >= 11 is 0. The molecule has 3 rings (SSSR count). The van der Waals surface area contributed by atoms with Crippen molar-refractivity contribution in [2.24, 2.45) is 0 Å². The maximum atomic E-state index is 12.1. The number of ether oxygens (including phenoxy) is 1. The molecule has 0 saturated carbocycles. The van der Waals surface area contributed by atoms with Gasteiger partial charge in [0.25, 0.3) is 0 Å². The van der Waals surface area contributed by atoms with Crippen LogP contribution in [0.2, 0.25) is 0 Å². The highest BCUT2D eigenvalue weighted by Crippen LogP contribution is 2.37. The summed E-state index contributed by atoms with van der Waals surface area (Å²) in [6.07, 6.45) is 1.54. The van der Waals surface area contributed by atoms with Crippen molar-refractivity contribution in [3.05, 3.63) is 70.8 Å². The largest absolute Gasteiger partial charge is 0.445 e. The van der Waals surface area contributed by atoms with E-state index in [1.807, 2.05) is 30.3 Å². The fourth-order valence-electron chi connectivity index (χ4n) is 3.06. The molecule has 0 bridgehead atoms. The molecule has 114 valence electrons. The molecule has 0 spiro atoms. The molecule has 1 aliphatic rings. The summed E-state index contributed by atoms with van der Waals surface area (Å²) in [5.41, 5.74) is 4.40. The van der Waals surface area contributed by atoms with Gasteiger partial charge in [-0.25, -0.2) is 4.79 Å². The van der Waals surface area contributed by atoms with Crippen molar-refractivity contribution in [3.63, 3.8) is 0 Å². The van der Waals surface area contributed by atoms with Crippen molar-refractivity contribution >= 4 is 6.09 Å². The van der Waals surface area contributed by atoms with Crippen molar-refractivity contribution < 1.29 is 9.53 Å². The molecule has 1 amide bonds. The Morgan fingerprint density at radius 2 is 2.00 bits per heavy atom. The van der Waals surface area contributed by atoms with Gasteiger partial charge < -0.3 is 10.1 Å². The first-order chi connectivity index (χ1) is 10.6. The number of alkyl carbamates (subject to hydrolysis) is 1. The number of nitrogens with one attached hydrogen (secondary N) is 1. The van der Waals surface area contributed by atoms with Crippen molar-refractivity contribution in [2.45, 2.75) is 38.8 Å². The standard InChI is InChI=1S/C19H21NO2/c1-14-8-9-16-10-11-19(2,17(16)12-14)20-18(21)22-13-15-6-4-3-5-7-15/h3-9,12H,10-11,13H2,1-2H3,(H,20,21). The lowest BCUT2D eigenvalue weighted by Gasteiger charge is -2.27. The first-order valence-electron chi connectivity index (χ1n) is 7.66. The highest BCUT2D eigenvalue weighted by molar-refractivity contribution is 5.69. The van der Waals surface area contributed by atoms with Crippen molar-refractivity contribution in [1.82, 2.24) is 5.32 Å². The molecule has 0 aliphatic heterocycles. The first kappa shape index (κ1) is 14.6. The van der Waals surface area contributed by atoms with Crippen molar-refractivity contribution in [2.75, 3.05) is 0 Å². The Balaban J connectivity index is 1.66. The lowest BCUT2D eigenvalue weighted by Crippen LogP contribution is -2.42. The molecule has 0 fully saturated rings. The first-order valence-corrected chi connectivity index (χ1v) is 7.66. The third kappa shape index (κ3) is 2.98. The Kier molecular flexibility index (Phi) is 3.88. The highest BCUT2D eigenvalue weighted by atomic mass is 16.5. The molecule has 0 radical (unpaired) electrons. The second-order valence-corrected chi connectivity index (χ2v) is 6.18. The van der Waals surface area contributed by atoms with Gasteiger partial charge in [0.2, 0.25) is 0 Å². The van der Waals surface area contributed by atoms with Crippen LogP contribution in [0.5, 0.6) is 0 Å². The third-order valence-corrected chi connectivity index (χ3v) is 4.34. The van der Waals surface area contributed by atoms with E-state index in [1.54, 1.807) is 0 Å². The minimum absolute atomic E-state index is 0.295. The number of aryl methyl sites for hydroxylation is 2. The summed E-state index contributed by atoms with van der Waals surface area (Å²) in [6.45, 7) is 4.44.